The summed E-state index contributed by atoms with van der Waals surface area (Å²) in [5.74, 6) is 1.30. The van der Waals surface area contributed by atoms with Gasteiger partial charge in [-0.25, -0.2) is 9.78 Å². The number of carbonyl (C=O) groups is 1. The minimum absolute atomic E-state index is 0. The summed E-state index contributed by atoms with van der Waals surface area (Å²) in [5.41, 5.74) is 0.275. The van der Waals surface area contributed by atoms with Gasteiger partial charge in [-0.2, -0.15) is 0 Å². The van der Waals surface area contributed by atoms with Crippen LogP contribution in [0.15, 0.2) is 42.7 Å². The van der Waals surface area contributed by atoms with Crippen molar-refractivity contribution in [1.29, 1.82) is 0 Å². The van der Waals surface area contributed by atoms with Gasteiger partial charge in [-0.15, -0.1) is 0 Å². The Morgan fingerprint density at radius 2 is 1.76 bits per heavy atom. The van der Waals surface area contributed by atoms with Gasteiger partial charge in [-0.3, -0.25) is 4.98 Å². The molecular formula is C19H25N3O3. The Kier molecular flexibility index (Phi) is 5.62. The van der Waals surface area contributed by atoms with Crippen LogP contribution in [0.25, 0.3) is 0 Å². The first-order valence-corrected chi connectivity index (χ1v) is 7.94. The standard InChI is InChI=1S/C18H21N3O3.CH4/c1-18(2,3)24-17(22)21-11-13(12-21)15-16(20-10-9-19-15)23-14-7-5-4-6-8-14;/h4-10,13H,11-12H2,1-3H3;1H4. The highest BCUT2D eigenvalue weighted by Crippen LogP contribution is 2.33. The number of aromatic nitrogens is 2. The fraction of sp³-hybridized carbons (Fsp3) is 0.421. The summed E-state index contributed by atoms with van der Waals surface area (Å²) >= 11 is 0. The Hall–Kier alpha value is -2.63. The predicted octanol–water partition coefficient (Wildman–Crippen LogP) is 4.24. The molecule has 25 heavy (non-hydrogen) atoms. The van der Waals surface area contributed by atoms with Gasteiger partial charge in [0, 0.05) is 31.4 Å². The lowest BCUT2D eigenvalue weighted by Gasteiger charge is -2.39. The molecule has 1 aromatic carbocycles. The number of likely N-dealkylation sites (tertiary alicyclic amines) is 1. The van der Waals surface area contributed by atoms with Crippen LogP contribution in [0.4, 0.5) is 4.79 Å². The topological polar surface area (TPSA) is 64.5 Å². The molecule has 1 aliphatic rings. The third-order valence-corrected chi connectivity index (χ3v) is 3.57. The molecule has 0 atom stereocenters. The summed E-state index contributed by atoms with van der Waals surface area (Å²) in [6, 6.07) is 9.46. The molecule has 1 aliphatic heterocycles. The largest absolute Gasteiger partial charge is 0.444 e. The number of amides is 1. The van der Waals surface area contributed by atoms with E-state index in [1.165, 1.54) is 0 Å². The number of para-hydroxylation sites is 1. The average molecular weight is 343 g/mol. The Morgan fingerprint density at radius 1 is 1.12 bits per heavy atom. The lowest BCUT2D eigenvalue weighted by atomic mass is 9.97. The van der Waals surface area contributed by atoms with Crippen molar-refractivity contribution in [2.75, 3.05) is 13.1 Å². The molecule has 0 saturated carbocycles. The van der Waals surface area contributed by atoms with Gasteiger partial charge in [0.1, 0.15) is 17.0 Å². The smallest absolute Gasteiger partial charge is 0.410 e. The van der Waals surface area contributed by atoms with Crippen molar-refractivity contribution in [2.24, 2.45) is 0 Å². The first-order valence-electron chi connectivity index (χ1n) is 7.94. The molecule has 2 aromatic rings. The van der Waals surface area contributed by atoms with Crippen LogP contribution in [-0.4, -0.2) is 39.7 Å². The van der Waals surface area contributed by atoms with Crippen molar-refractivity contribution >= 4 is 6.09 Å². The zero-order valence-electron chi connectivity index (χ0n) is 14.1. The van der Waals surface area contributed by atoms with E-state index in [1.54, 1.807) is 17.3 Å². The maximum atomic E-state index is 12.0. The van der Waals surface area contributed by atoms with Crippen molar-refractivity contribution in [3.63, 3.8) is 0 Å². The summed E-state index contributed by atoms with van der Waals surface area (Å²) in [7, 11) is 0. The number of benzene rings is 1. The van der Waals surface area contributed by atoms with E-state index in [1.807, 2.05) is 51.1 Å². The maximum Gasteiger partial charge on any atom is 0.410 e. The van der Waals surface area contributed by atoms with Crippen LogP contribution in [0.1, 0.15) is 39.8 Å². The maximum absolute atomic E-state index is 12.0. The van der Waals surface area contributed by atoms with E-state index in [2.05, 4.69) is 9.97 Å². The van der Waals surface area contributed by atoms with E-state index < -0.39 is 5.60 Å². The lowest BCUT2D eigenvalue weighted by molar-refractivity contribution is 0.00764. The van der Waals surface area contributed by atoms with E-state index >= 15 is 0 Å². The Balaban J connectivity index is 0.00000225. The van der Waals surface area contributed by atoms with Gasteiger partial charge < -0.3 is 14.4 Å². The lowest BCUT2D eigenvalue weighted by Crippen LogP contribution is -2.50. The highest BCUT2D eigenvalue weighted by atomic mass is 16.6. The van der Waals surface area contributed by atoms with Crippen LogP contribution in [0.3, 0.4) is 0 Å². The molecule has 0 unspecified atom stereocenters. The van der Waals surface area contributed by atoms with Crippen LogP contribution in [0.2, 0.25) is 0 Å². The Bertz CT molecular complexity index is 707. The van der Waals surface area contributed by atoms with Crippen molar-refractivity contribution in [3.8, 4) is 11.6 Å². The van der Waals surface area contributed by atoms with E-state index in [9.17, 15) is 4.79 Å². The highest BCUT2D eigenvalue weighted by molar-refractivity contribution is 5.69. The van der Waals surface area contributed by atoms with Crippen LogP contribution in [0.5, 0.6) is 11.6 Å². The fourth-order valence-electron chi connectivity index (χ4n) is 2.42. The van der Waals surface area contributed by atoms with Crippen LogP contribution < -0.4 is 4.74 Å². The minimum Gasteiger partial charge on any atom is -0.444 e. The number of hydrogen-bond acceptors (Lipinski definition) is 5. The summed E-state index contributed by atoms with van der Waals surface area (Å²) in [6.45, 7) is 6.68. The summed E-state index contributed by atoms with van der Waals surface area (Å²) in [6.07, 6.45) is 2.95. The van der Waals surface area contributed by atoms with Crippen molar-refractivity contribution in [3.05, 3.63) is 48.4 Å². The molecule has 2 heterocycles. The Labute approximate surface area is 148 Å². The second-order valence-electron chi connectivity index (χ2n) is 6.74. The number of nitrogens with zero attached hydrogens (tertiary/aromatic N) is 3. The second kappa shape index (κ2) is 7.51. The zero-order chi connectivity index (χ0) is 17.2. The van der Waals surface area contributed by atoms with Crippen molar-refractivity contribution < 1.29 is 14.3 Å². The molecule has 0 spiro atoms. The summed E-state index contributed by atoms with van der Waals surface area (Å²) in [4.78, 5) is 22.4. The third kappa shape index (κ3) is 4.68. The summed E-state index contributed by atoms with van der Waals surface area (Å²) < 4.78 is 11.2. The Morgan fingerprint density at radius 3 is 2.40 bits per heavy atom. The molecule has 1 fully saturated rings. The van der Waals surface area contributed by atoms with E-state index in [-0.39, 0.29) is 19.4 Å². The van der Waals surface area contributed by atoms with Gasteiger partial charge in [0.15, 0.2) is 0 Å². The van der Waals surface area contributed by atoms with E-state index in [0.29, 0.717) is 24.7 Å². The quantitative estimate of drug-likeness (QED) is 0.834. The number of ether oxygens (including phenoxy) is 2. The zero-order valence-corrected chi connectivity index (χ0v) is 14.1. The fourth-order valence-corrected chi connectivity index (χ4v) is 2.42. The van der Waals surface area contributed by atoms with Gasteiger partial charge in [-0.05, 0) is 32.9 Å². The third-order valence-electron chi connectivity index (χ3n) is 3.57. The highest BCUT2D eigenvalue weighted by Gasteiger charge is 2.37. The average Bonchev–Trinajstić information content (AvgIpc) is 2.47. The normalized spacial score (nSPS) is 14.3. The first kappa shape index (κ1) is 18.7. The van der Waals surface area contributed by atoms with Gasteiger partial charge >= 0.3 is 6.09 Å². The molecule has 1 amide bonds. The molecule has 3 rings (SSSR count). The molecule has 6 heteroatoms. The minimum atomic E-state index is -0.490. The van der Waals surface area contributed by atoms with E-state index in [0.717, 1.165) is 5.69 Å². The SMILES string of the molecule is C.CC(C)(C)OC(=O)N1CC(c2nccnc2Oc2ccccc2)C1. The predicted molar refractivity (Wildman–Crippen MR) is 95.8 cm³/mol. The molecule has 1 saturated heterocycles. The molecule has 0 bridgehead atoms. The van der Waals surface area contributed by atoms with Gasteiger partial charge in [0.25, 0.3) is 0 Å². The second-order valence-corrected chi connectivity index (χ2v) is 6.74. The molecule has 0 radical (unpaired) electrons. The molecule has 6 nitrogen and oxygen atoms in total. The molecule has 0 N–H and O–H groups in total. The molecule has 0 aliphatic carbocycles. The van der Waals surface area contributed by atoms with Crippen molar-refractivity contribution in [1.82, 2.24) is 14.9 Å². The molecule has 1 aromatic heterocycles. The van der Waals surface area contributed by atoms with Gasteiger partial charge in [-0.1, -0.05) is 25.6 Å². The number of hydrogen-bond donors (Lipinski definition) is 0. The number of rotatable bonds is 3. The monoisotopic (exact) mass is 343 g/mol. The van der Waals surface area contributed by atoms with Gasteiger partial charge in [0.2, 0.25) is 5.88 Å². The summed E-state index contributed by atoms with van der Waals surface area (Å²) in [5, 5.41) is 0. The molecular weight excluding hydrogens is 318 g/mol. The van der Waals surface area contributed by atoms with E-state index in [4.69, 9.17) is 9.47 Å². The van der Waals surface area contributed by atoms with Crippen LogP contribution >= 0.6 is 0 Å². The van der Waals surface area contributed by atoms with Crippen LogP contribution in [-0.2, 0) is 4.74 Å². The van der Waals surface area contributed by atoms with Gasteiger partial charge in [0.05, 0.1) is 0 Å². The van der Waals surface area contributed by atoms with Crippen LogP contribution in [0, 0.1) is 0 Å². The number of carbonyl (C=O) groups excluding carboxylic acids is 1. The van der Waals surface area contributed by atoms with Crippen molar-refractivity contribution in [2.45, 2.75) is 39.7 Å². The molecule has 134 valence electrons. The first-order chi connectivity index (χ1) is 11.4.